The molecule has 2 atom stereocenters. The minimum absolute atomic E-state index is 0.0146. The molecule has 3 rings (SSSR count). The van der Waals surface area contributed by atoms with Gasteiger partial charge in [0.2, 0.25) is 5.54 Å². The van der Waals surface area contributed by atoms with E-state index in [1.54, 1.807) is 6.21 Å². The van der Waals surface area contributed by atoms with Crippen LogP contribution < -0.4 is 0 Å². The summed E-state index contributed by atoms with van der Waals surface area (Å²) in [6.45, 7) is 1.51. The number of hydrazone groups is 1. The molecule has 2 heterocycles. The van der Waals surface area contributed by atoms with Crippen LogP contribution in [-0.2, 0) is 4.79 Å². The summed E-state index contributed by atoms with van der Waals surface area (Å²) in [6, 6.07) is 11.4. The number of carbonyl (C=O) groups excluding carboxylic acids is 1. The first-order valence-corrected chi connectivity index (χ1v) is 6.38. The molecule has 0 spiro atoms. The average molecular weight is 264 g/mol. The molecule has 2 aliphatic rings. The number of nitriles is 2. The highest BCUT2D eigenvalue weighted by molar-refractivity contribution is 5.86. The summed E-state index contributed by atoms with van der Waals surface area (Å²) in [6.07, 6.45) is 1.85. The first-order chi connectivity index (χ1) is 9.63. The zero-order valence-electron chi connectivity index (χ0n) is 10.9. The monoisotopic (exact) mass is 264 g/mol. The molecule has 20 heavy (non-hydrogen) atoms. The summed E-state index contributed by atoms with van der Waals surface area (Å²) in [5, 5.41) is 24.6. The number of hydrogen-bond acceptors (Lipinski definition) is 5. The van der Waals surface area contributed by atoms with Crippen LogP contribution in [0.2, 0.25) is 0 Å². The SMILES string of the molecule is CC(=O)[C@@H]1CC(C#N)(C#N)N2N=Cc3ccccc3[C@@H]12. The van der Waals surface area contributed by atoms with Crippen molar-refractivity contribution in [1.29, 1.82) is 10.5 Å². The first-order valence-electron chi connectivity index (χ1n) is 6.38. The predicted molar refractivity (Wildman–Crippen MR) is 71.4 cm³/mol. The Balaban J connectivity index is 2.19. The van der Waals surface area contributed by atoms with E-state index < -0.39 is 5.54 Å². The molecule has 98 valence electrons. The van der Waals surface area contributed by atoms with Gasteiger partial charge in [-0.3, -0.25) is 9.80 Å². The molecule has 1 saturated heterocycles. The number of ketones is 1. The molecule has 5 heteroatoms. The second kappa shape index (κ2) is 4.18. The summed E-state index contributed by atoms with van der Waals surface area (Å²) < 4.78 is 0. The highest BCUT2D eigenvalue weighted by Gasteiger charge is 2.56. The van der Waals surface area contributed by atoms with Crippen LogP contribution >= 0.6 is 0 Å². The largest absolute Gasteiger partial charge is 0.300 e. The Kier molecular flexibility index (Phi) is 2.59. The van der Waals surface area contributed by atoms with Crippen LogP contribution in [0.4, 0.5) is 0 Å². The van der Waals surface area contributed by atoms with Gasteiger partial charge in [0, 0.05) is 12.3 Å². The Morgan fingerprint density at radius 2 is 2.10 bits per heavy atom. The third-order valence-electron chi connectivity index (χ3n) is 4.08. The Hall–Kier alpha value is -2.66. The van der Waals surface area contributed by atoms with Crippen LogP contribution in [0.25, 0.3) is 0 Å². The second-order valence-electron chi connectivity index (χ2n) is 5.17. The molecule has 0 saturated carbocycles. The summed E-state index contributed by atoms with van der Waals surface area (Å²) in [5.74, 6) is -0.396. The van der Waals surface area contributed by atoms with E-state index in [-0.39, 0.29) is 24.2 Å². The van der Waals surface area contributed by atoms with Crippen molar-refractivity contribution in [3.8, 4) is 12.1 Å². The molecule has 0 N–H and O–H groups in total. The van der Waals surface area contributed by atoms with Crippen LogP contribution in [0.15, 0.2) is 29.4 Å². The number of benzene rings is 1. The maximum absolute atomic E-state index is 11.9. The van der Waals surface area contributed by atoms with Crippen LogP contribution in [0, 0.1) is 28.6 Å². The summed E-state index contributed by atoms with van der Waals surface area (Å²) >= 11 is 0. The first kappa shape index (κ1) is 12.4. The van der Waals surface area contributed by atoms with Crippen molar-refractivity contribution in [2.24, 2.45) is 11.0 Å². The van der Waals surface area contributed by atoms with Gasteiger partial charge in [0.1, 0.15) is 17.9 Å². The van der Waals surface area contributed by atoms with Crippen molar-refractivity contribution in [3.63, 3.8) is 0 Å². The fourth-order valence-corrected chi connectivity index (χ4v) is 3.06. The van der Waals surface area contributed by atoms with E-state index in [0.717, 1.165) is 11.1 Å². The van der Waals surface area contributed by atoms with Crippen molar-refractivity contribution >= 4 is 12.0 Å². The second-order valence-corrected chi connectivity index (χ2v) is 5.17. The molecule has 0 unspecified atom stereocenters. The molecule has 0 aromatic heterocycles. The zero-order chi connectivity index (χ0) is 14.3. The molecular weight excluding hydrogens is 252 g/mol. The van der Waals surface area contributed by atoms with Gasteiger partial charge in [-0.05, 0) is 18.1 Å². The zero-order valence-corrected chi connectivity index (χ0v) is 10.9. The fourth-order valence-electron chi connectivity index (χ4n) is 3.06. The molecule has 2 aliphatic heterocycles. The molecule has 0 aliphatic carbocycles. The molecule has 5 nitrogen and oxygen atoms in total. The van der Waals surface area contributed by atoms with Crippen LogP contribution in [0.5, 0.6) is 0 Å². The van der Waals surface area contributed by atoms with Gasteiger partial charge < -0.3 is 0 Å². The summed E-state index contributed by atoms with van der Waals surface area (Å²) in [7, 11) is 0. The van der Waals surface area contributed by atoms with Crippen LogP contribution in [0.1, 0.15) is 30.5 Å². The van der Waals surface area contributed by atoms with E-state index >= 15 is 0 Å². The van der Waals surface area contributed by atoms with E-state index in [0.29, 0.717) is 0 Å². The Morgan fingerprint density at radius 1 is 1.40 bits per heavy atom. The maximum Gasteiger partial charge on any atom is 0.230 e. The van der Waals surface area contributed by atoms with Gasteiger partial charge in [-0.15, -0.1) is 0 Å². The minimum Gasteiger partial charge on any atom is -0.300 e. The number of hydrogen-bond donors (Lipinski definition) is 0. The lowest BCUT2D eigenvalue weighted by atomic mass is 9.86. The molecule has 0 amide bonds. The van der Waals surface area contributed by atoms with Crippen molar-refractivity contribution in [2.75, 3.05) is 0 Å². The van der Waals surface area contributed by atoms with Gasteiger partial charge in [-0.2, -0.15) is 15.6 Å². The third-order valence-corrected chi connectivity index (χ3v) is 4.08. The van der Waals surface area contributed by atoms with Gasteiger partial charge in [-0.1, -0.05) is 24.3 Å². The molecule has 1 aromatic carbocycles. The van der Waals surface area contributed by atoms with Gasteiger partial charge in [0.05, 0.1) is 12.3 Å². The molecule has 0 bridgehead atoms. The van der Waals surface area contributed by atoms with Gasteiger partial charge in [0.15, 0.2) is 0 Å². The van der Waals surface area contributed by atoms with E-state index in [1.807, 2.05) is 36.4 Å². The number of carbonyl (C=O) groups is 1. The quantitative estimate of drug-likeness (QED) is 0.774. The molecule has 1 fully saturated rings. The summed E-state index contributed by atoms with van der Waals surface area (Å²) in [4.78, 5) is 11.9. The maximum atomic E-state index is 11.9. The number of fused-ring (bicyclic) bond motifs is 3. The summed E-state index contributed by atoms with van der Waals surface area (Å²) in [5.41, 5.74) is 0.534. The normalized spacial score (nSPS) is 25.2. The van der Waals surface area contributed by atoms with Gasteiger partial charge >= 0.3 is 0 Å². The van der Waals surface area contributed by atoms with Gasteiger partial charge in [-0.25, -0.2) is 0 Å². The topological polar surface area (TPSA) is 80.2 Å². The fraction of sp³-hybridized carbons (Fsp3) is 0.333. The van der Waals surface area contributed by atoms with E-state index in [9.17, 15) is 15.3 Å². The van der Waals surface area contributed by atoms with Gasteiger partial charge in [0.25, 0.3) is 0 Å². The van der Waals surface area contributed by atoms with E-state index in [4.69, 9.17) is 0 Å². The lowest BCUT2D eigenvalue weighted by Gasteiger charge is -2.33. The van der Waals surface area contributed by atoms with E-state index in [2.05, 4.69) is 5.10 Å². The highest BCUT2D eigenvalue weighted by Crippen LogP contribution is 2.49. The average Bonchev–Trinajstić information content (AvgIpc) is 2.83. The lowest BCUT2D eigenvalue weighted by Crippen LogP contribution is -2.40. The van der Waals surface area contributed by atoms with Crippen LogP contribution in [-0.4, -0.2) is 22.5 Å². The Labute approximate surface area is 116 Å². The standard InChI is InChI=1S/C15H12N4O/c1-10(20)13-6-15(8-16,9-17)19-14(13)12-5-3-2-4-11(12)7-18-19/h2-5,7,13-14H,6H2,1H3/t13-,14-/m0/s1. The number of rotatable bonds is 1. The van der Waals surface area contributed by atoms with Crippen molar-refractivity contribution in [3.05, 3.63) is 35.4 Å². The van der Waals surface area contributed by atoms with Crippen molar-refractivity contribution < 1.29 is 4.79 Å². The predicted octanol–water partition coefficient (Wildman–Crippen LogP) is 1.77. The highest BCUT2D eigenvalue weighted by atomic mass is 16.1. The lowest BCUT2D eigenvalue weighted by molar-refractivity contribution is -0.121. The minimum atomic E-state index is -1.36. The number of nitrogens with zero attached hydrogens (tertiary/aromatic N) is 4. The smallest absolute Gasteiger partial charge is 0.230 e. The van der Waals surface area contributed by atoms with Crippen molar-refractivity contribution in [1.82, 2.24) is 5.01 Å². The number of Topliss-reactive ketones (excluding diaryl/α,β-unsaturated/α-hetero) is 1. The Bertz CT molecular complexity index is 681. The van der Waals surface area contributed by atoms with E-state index in [1.165, 1.54) is 11.9 Å². The van der Waals surface area contributed by atoms with Crippen LogP contribution in [0.3, 0.4) is 0 Å². The molecular formula is C15H12N4O. The molecule has 0 radical (unpaired) electrons. The van der Waals surface area contributed by atoms with Crippen molar-refractivity contribution in [2.45, 2.75) is 24.9 Å². The molecule has 1 aromatic rings. The Morgan fingerprint density at radius 3 is 2.75 bits per heavy atom. The third kappa shape index (κ3) is 1.47.